The first-order valence-corrected chi connectivity index (χ1v) is 6.81. The average Bonchev–Trinajstić information content (AvgIpc) is 2.68. The first-order chi connectivity index (χ1) is 8.97. The van der Waals surface area contributed by atoms with Gasteiger partial charge in [-0.2, -0.15) is 0 Å². The molecule has 0 saturated heterocycles. The minimum absolute atomic E-state index is 0.606. The maximum absolute atomic E-state index is 10.4. The van der Waals surface area contributed by atoms with Crippen molar-refractivity contribution in [2.24, 2.45) is 5.92 Å². The minimum atomic E-state index is -0.606. The van der Waals surface area contributed by atoms with Crippen molar-refractivity contribution in [2.75, 3.05) is 0 Å². The van der Waals surface area contributed by atoms with Gasteiger partial charge < -0.3 is 9.52 Å². The zero-order valence-corrected chi connectivity index (χ0v) is 12.1. The van der Waals surface area contributed by atoms with Crippen LogP contribution in [0.2, 0.25) is 0 Å². The fourth-order valence-corrected chi connectivity index (χ4v) is 2.41. The van der Waals surface area contributed by atoms with Crippen molar-refractivity contribution in [3.63, 3.8) is 0 Å². The third-order valence-corrected chi connectivity index (χ3v) is 3.31. The molecule has 0 saturated carbocycles. The Bertz CT molecular complexity index is 535. The van der Waals surface area contributed by atoms with Crippen LogP contribution in [0.1, 0.15) is 48.2 Å². The van der Waals surface area contributed by atoms with Gasteiger partial charge in [0.1, 0.15) is 17.6 Å². The fourth-order valence-electron chi connectivity index (χ4n) is 2.41. The van der Waals surface area contributed by atoms with E-state index in [9.17, 15) is 5.11 Å². The van der Waals surface area contributed by atoms with Crippen molar-refractivity contribution in [1.82, 2.24) is 0 Å². The molecule has 19 heavy (non-hydrogen) atoms. The maximum atomic E-state index is 10.4. The quantitative estimate of drug-likeness (QED) is 0.892. The second-order valence-corrected chi connectivity index (χ2v) is 5.61. The van der Waals surface area contributed by atoms with E-state index in [0.717, 1.165) is 29.1 Å². The lowest BCUT2D eigenvalue weighted by Gasteiger charge is -2.11. The number of aliphatic hydroxyl groups excluding tert-OH is 1. The van der Waals surface area contributed by atoms with Gasteiger partial charge in [-0.15, -0.1) is 0 Å². The van der Waals surface area contributed by atoms with Gasteiger partial charge in [0.15, 0.2) is 0 Å². The first-order valence-electron chi connectivity index (χ1n) is 6.81. The van der Waals surface area contributed by atoms with Crippen molar-refractivity contribution in [3.05, 3.63) is 58.5 Å². The molecule has 1 aromatic heterocycles. The Morgan fingerprint density at radius 1 is 1.11 bits per heavy atom. The Kier molecular flexibility index (Phi) is 4.11. The predicted octanol–water partition coefficient (Wildman–Crippen LogP) is 4.18. The minimum Gasteiger partial charge on any atom is -0.466 e. The molecule has 0 amide bonds. The van der Waals surface area contributed by atoms with Crippen LogP contribution in [0, 0.1) is 19.8 Å². The number of hydrogen-bond acceptors (Lipinski definition) is 2. The van der Waals surface area contributed by atoms with Gasteiger partial charge in [-0.25, -0.2) is 0 Å². The van der Waals surface area contributed by atoms with Crippen molar-refractivity contribution in [2.45, 2.75) is 40.2 Å². The maximum Gasteiger partial charge on any atom is 0.107 e. The van der Waals surface area contributed by atoms with Gasteiger partial charge in [-0.1, -0.05) is 38.1 Å². The fraction of sp³-hybridized carbons (Fsp3) is 0.412. The van der Waals surface area contributed by atoms with Crippen LogP contribution < -0.4 is 0 Å². The number of hydrogen-bond donors (Lipinski definition) is 1. The third-order valence-electron chi connectivity index (χ3n) is 3.31. The largest absolute Gasteiger partial charge is 0.466 e. The highest BCUT2D eigenvalue weighted by molar-refractivity contribution is 5.34. The summed E-state index contributed by atoms with van der Waals surface area (Å²) >= 11 is 0. The van der Waals surface area contributed by atoms with Gasteiger partial charge in [0.25, 0.3) is 0 Å². The van der Waals surface area contributed by atoms with E-state index in [1.165, 1.54) is 5.56 Å². The first kappa shape index (κ1) is 13.9. The Morgan fingerprint density at radius 2 is 1.74 bits per heavy atom. The van der Waals surface area contributed by atoms with Crippen molar-refractivity contribution < 1.29 is 9.52 Å². The molecule has 2 nitrogen and oxygen atoms in total. The summed E-state index contributed by atoms with van der Waals surface area (Å²) in [4.78, 5) is 0. The van der Waals surface area contributed by atoms with Crippen LogP contribution in [0.25, 0.3) is 0 Å². The third kappa shape index (κ3) is 3.27. The summed E-state index contributed by atoms with van der Waals surface area (Å²) in [5.74, 6) is 2.27. The van der Waals surface area contributed by atoms with Crippen LogP contribution in [0.15, 0.2) is 34.7 Å². The molecule has 1 N–H and O–H groups in total. The van der Waals surface area contributed by atoms with Crippen LogP contribution in [-0.4, -0.2) is 5.11 Å². The summed E-state index contributed by atoms with van der Waals surface area (Å²) in [5, 5.41) is 10.4. The zero-order valence-electron chi connectivity index (χ0n) is 12.1. The monoisotopic (exact) mass is 258 g/mol. The van der Waals surface area contributed by atoms with Crippen LogP contribution in [0.4, 0.5) is 0 Å². The van der Waals surface area contributed by atoms with Crippen LogP contribution >= 0.6 is 0 Å². The van der Waals surface area contributed by atoms with Gasteiger partial charge >= 0.3 is 0 Å². The van der Waals surface area contributed by atoms with E-state index in [4.69, 9.17) is 4.42 Å². The summed E-state index contributed by atoms with van der Waals surface area (Å²) in [6.07, 6.45) is 0.464. The summed E-state index contributed by atoms with van der Waals surface area (Å²) in [6, 6.07) is 10.1. The molecule has 2 aromatic rings. The van der Waals surface area contributed by atoms with E-state index in [0.29, 0.717) is 5.92 Å². The standard InChI is InChI=1S/C17H22O2/c1-11(2)9-14-5-7-15(8-6-14)17(18)16-10-12(3)19-13(16)4/h5-8,10-11,17-18H,9H2,1-4H3. The van der Waals surface area contributed by atoms with Gasteiger partial charge in [-0.05, 0) is 43.4 Å². The number of aliphatic hydroxyl groups is 1. The number of furan rings is 1. The van der Waals surface area contributed by atoms with E-state index in [-0.39, 0.29) is 0 Å². The van der Waals surface area contributed by atoms with Gasteiger partial charge in [0, 0.05) is 5.56 Å². The van der Waals surface area contributed by atoms with E-state index in [1.807, 2.05) is 32.0 Å². The molecule has 1 heterocycles. The van der Waals surface area contributed by atoms with Crippen LogP contribution in [0.5, 0.6) is 0 Å². The molecular weight excluding hydrogens is 236 g/mol. The predicted molar refractivity (Wildman–Crippen MR) is 77.2 cm³/mol. The van der Waals surface area contributed by atoms with Gasteiger partial charge in [0.05, 0.1) is 0 Å². The second-order valence-electron chi connectivity index (χ2n) is 5.61. The molecule has 1 atom stereocenters. The molecule has 2 rings (SSSR count). The van der Waals surface area contributed by atoms with E-state index >= 15 is 0 Å². The lowest BCUT2D eigenvalue weighted by Crippen LogP contribution is -2.01. The molecule has 2 heteroatoms. The summed E-state index contributed by atoms with van der Waals surface area (Å²) < 4.78 is 5.47. The summed E-state index contributed by atoms with van der Waals surface area (Å²) in [6.45, 7) is 8.20. The molecule has 0 aliphatic carbocycles. The van der Waals surface area contributed by atoms with Gasteiger partial charge in [-0.3, -0.25) is 0 Å². The van der Waals surface area contributed by atoms with Gasteiger partial charge in [0.2, 0.25) is 0 Å². The Hall–Kier alpha value is -1.54. The lowest BCUT2D eigenvalue weighted by molar-refractivity contribution is 0.218. The molecule has 0 radical (unpaired) electrons. The number of benzene rings is 1. The van der Waals surface area contributed by atoms with E-state index < -0.39 is 6.10 Å². The molecule has 1 aromatic carbocycles. The lowest BCUT2D eigenvalue weighted by atomic mass is 9.97. The summed E-state index contributed by atoms with van der Waals surface area (Å²) in [7, 11) is 0. The molecular formula is C17H22O2. The van der Waals surface area contributed by atoms with E-state index in [1.54, 1.807) is 0 Å². The highest BCUT2D eigenvalue weighted by Crippen LogP contribution is 2.27. The van der Waals surface area contributed by atoms with Crippen LogP contribution in [0.3, 0.4) is 0 Å². The van der Waals surface area contributed by atoms with Crippen LogP contribution in [-0.2, 0) is 6.42 Å². The van der Waals surface area contributed by atoms with Crippen molar-refractivity contribution in [1.29, 1.82) is 0 Å². The highest BCUT2D eigenvalue weighted by atomic mass is 16.3. The molecule has 102 valence electrons. The molecule has 0 aliphatic heterocycles. The average molecular weight is 258 g/mol. The summed E-state index contributed by atoms with van der Waals surface area (Å²) in [5.41, 5.74) is 3.08. The number of aryl methyl sites for hydroxylation is 2. The molecule has 0 spiro atoms. The molecule has 0 aliphatic rings. The smallest absolute Gasteiger partial charge is 0.107 e. The van der Waals surface area contributed by atoms with E-state index in [2.05, 4.69) is 26.0 Å². The van der Waals surface area contributed by atoms with Crippen molar-refractivity contribution in [3.8, 4) is 0 Å². The Morgan fingerprint density at radius 3 is 2.21 bits per heavy atom. The SMILES string of the molecule is Cc1cc(C(O)c2ccc(CC(C)C)cc2)c(C)o1. The molecule has 0 fully saturated rings. The molecule has 0 bridgehead atoms. The highest BCUT2D eigenvalue weighted by Gasteiger charge is 2.16. The molecule has 1 unspecified atom stereocenters. The zero-order chi connectivity index (χ0) is 14.0. The topological polar surface area (TPSA) is 33.4 Å². The second kappa shape index (κ2) is 5.62. The Labute approximate surface area is 115 Å². The Balaban J connectivity index is 2.20. The van der Waals surface area contributed by atoms with Crippen molar-refractivity contribution >= 4 is 0 Å². The number of rotatable bonds is 4. The normalized spacial score (nSPS) is 12.9.